The maximum atomic E-state index is 9.87. The Morgan fingerprint density at radius 3 is 2.74 bits per heavy atom. The Bertz CT molecular complexity index is 412. The molecule has 0 bridgehead atoms. The molecular formula is C17H26O2. The van der Waals surface area contributed by atoms with E-state index in [4.69, 9.17) is 4.74 Å². The molecule has 2 heteroatoms. The fraction of sp³-hybridized carbons (Fsp3) is 0.647. The number of hydrogen-bond acceptors (Lipinski definition) is 2. The summed E-state index contributed by atoms with van der Waals surface area (Å²) in [6.07, 6.45) is 6.03. The summed E-state index contributed by atoms with van der Waals surface area (Å²) in [7, 11) is 0. The highest BCUT2D eigenvalue weighted by atomic mass is 16.5. The van der Waals surface area contributed by atoms with Gasteiger partial charge in [-0.3, -0.25) is 0 Å². The second kappa shape index (κ2) is 6.42. The van der Waals surface area contributed by atoms with Crippen LogP contribution in [-0.4, -0.2) is 11.2 Å². The van der Waals surface area contributed by atoms with Gasteiger partial charge in [-0.1, -0.05) is 25.5 Å². The third-order valence-corrected chi connectivity index (χ3v) is 4.26. The maximum absolute atomic E-state index is 9.87. The molecule has 2 rings (SSSR count). The number of rotatable bonds is 4. The first-order valence-corrected chi connectivity index (χ1v) is 7.57. The van der Waals surface area contributed by atoms with Crippen molar-refractivity contribution in [3.8, 4) is 5.75 Å². The highest BCUT2D eigenvalue weighted by Crippen LogP contribution is 2.33. The van der Waals surface area contributed by atoms with E-state index in [2.05, 4.69) is 19.9 Å². The summed E-state index contributed by atoms with van der Waals surface area (Å²) in [6.45, 7) is 6.12. The number of aliphatic hydroxyl groups excluding tert-OH is 1. The van der Waals surface area contributed by atoms with E-state index in [-0.39, 0.29) is 0 Å². The molecule has 3 atom stereocenters. The van der Waals surface area contributed by atoms with E-state index >= 15 is 0 Å². The fourth-order valence-corrected chi connectivity index (χ4v) is 3.05. The fourth-order valence-electron chi connectivity index (χ4n) is 3.05. The van der Waals surface area contributed by atoms with Crippen LogP contribution in [0.25, 0.3) is 0 Å². The monoisotopic (exact) mass is 262 g/mol. The third kappa shape index (κ3) is 3.50. The summed E-state index contributed by atoms with van der Waals surface area (Å²) >= 11 is 0. The second-order valence-corrected chi connectivity index (χ2v) is 5.83. The summed E-state index contributed by atoms with van der Waals surface area (Å²) in [4.78, 5) is 0. The lowest BCUT2D eigenvalue weighted by Crippen LogP contribution is -2.30. The zero-order valence-electron chi connectivity index (χ0n) is 12.4. The zero-order valence-corrected chi connectivity index (χ0v) is 12.4. The van der Waals surface area contributed by atoms with E-state index in [0.29, 0.717) is 12.0 Å². The first kappa shape index (κ1) is 14.4. The molecule has 0 aliphatic heterocycles. The minimum atomic E-state index is -0.473. The molecule has 1 aromatic carbocycles. The van der Waals surface area contributed by atoms with Crippen LogP contribution in [0, 0.1) is 12.8 Å². The Labute approximate surface area is 116 Å². The van der Waals surface area contributed by atoms with Crippen LogP contribution in [0.1, 0.15) is 63.2 Å². The van der Waals surface area contributed by atoms with E-state index in [9.17, 15) is 5.11 Å². The summed E-state index contributed by atoms with van der Waals surface area (Å²) < 4.78 is 6.27. The predicted molar refractivity (Wildman–Crippen MR) is 78.5 cm³/mol. The second-order valence-electron chi connectivity index (χ2n) is 5.83. The molecule has 1 saturated carbocycles. The predicted octanol–water partition coefficient (Wildman–Crippen LogP) is 4.40. The Hall–Kier alpha value is -1.02. The molecule has 0 aromatic heterocycles. The zero-order chi connectivity index (χ0) is 13.8. The number of hydrogen-bond donors (Lipinski definition) is 1. The van der Waals surface area contributed by atoms with E-state index < -0.39 is 6.10 Å². The Kier molecular flexibility index (Phi) is 4.87. The van der Waals surface area contributed by atoms with Crippen LogP contribution >= 0.6 is 0 Å². The van der Waals surface area contributed by atoms with Crippen molar-refractivity contribution in [2.75, 3.05) is 0 Å². The molecule has 0 spiro atoms. The maximum Gasteiger partial charge on any atom is 0.125 e. The molecule has 1 fully saturated rings. The molecule has 106 valence electrons. The van der Waals surface area contributed by atoms with Gasteiger partial charge in [0.25, 0.3) is 0 Å². The number of aryl methyl sites for hydroxylation is 1. The Balaban J connectivity index is 2.19. The molecular weight excluding hydrogens is 236 g/mol. The quantitative estimate of drug-likeness (QED) is 0.871. The molecule has 2 nitrogen and oxygen atoms in total. The van der Waals surface area contributed by atoms with Gasteiger partial charge >= 0.3 is 0 Å². The third-order valence-electron chi connectivity index (χ3n) is 4.26. The van der Waals surface area contributed by atoms with Crippen LogP contribution in [0.15, 0.2) is 18.2 Å². The Morgan fingerprint density at radius 2 is 2.05 bits per heavy atom. The van der Waals surface area contributed by atoms with Crippen molar-refractivity contribution < 1.29 is 9.84 Å². The van der Waals surface area contributed by atoms with Crippen LogP contribution in [0.5, 0.6) is 5.75 Å². The smallest absolute Gasteiger partial charge is 0.125 e. The van der Waals surface area contributed by atoms with Crippen molar-refractivity contribution in [2.24, 2.45) is 5.92 Å². The van der Waals surface area contributed by atoms with Crippen LogP contribution < -0.4 is 4.74 Å². The summed E-state index contributed by atoms with van der Waals surface area (Å²) in [5, 5.41) is 9.87. The van der Waals surface area contributed by atoms with Crippen molar-refractivity contribution in [1.82, 2.24) is 0 Å². The largest absolute Gasteiger partial charge is 0.490 e. The van der Waals surface area contributed by atoms with Crippen molar-refractivity contribution >= 4 is 0 Å². The minimum absolute atomic E-state index is 0.318. The van der Waals surface area contributed by atoms with Gasteiger partial charge in [0, 0.05) is 5.56 Å². The van der Waals surface area contributed by atoms with Crippen LogP contribution in [0.3, 0.4) is 0 Å². The SMILES string of the molecule is CCC1CCCCC1Oc1cc(C)ccc1C(C)O. The topological polar surface area (TPSA) is 29.5 Å². The van der Waals surface area contributed by atoms with Gasteiger partial charge in [0.2, 0.25) is 0 Å². The highest BCUT2D eigenvalue weighted by Gasteiger charge is 2.26. The first-order valence-electron chi connectivity index (χ1n) is 7.57. The van der Waals surface area contributed by atoms with Crippen LogP contribution in [0.2, 0.25) is 0 Å². The van der Waals surface area contributed by atoms with Crippen LogP contribution in [0.4, 0.5) is 0 Å². The lowest BCUT2D eigenvalue weighted by molar-refractivity contribution is 0.0854. The van der Waals surface area contributed by atoms with Gasteiger partial charge in [0.15, 0.2) is 0 Å². The number of ether oxygens (including phenoxy) is 1. The average Bonchev–Trinajstić information content (AvgIpc) is 2.39. The molecule has 19 heavy (non-hydrogen) atoms. The van der Waals surface area contributed by atoms with Gasteiger partial charge < -0.3 is 9.84 Å². The molecule has 1 N–H and O–H groups in total. The lowest BCUT2D eigenvalue weighted by Gasteiger charge is -2.32. The number of aliphatic hydroxyl groups is 1. The summed E-state index contributed by atoms with van der Waals surface area (Å²) in [5.41, 5.74) is 2.09. The highest BCUT2D eigenvalue weighted by molar-refractivity contribution is 5.38. The first-order chi connectivity index (χ1) is 9.11. The van der Waals surface area contributed by atoms with Crippen molar-refractivity contribution in [2.45, 2.75) is 65.1 Å². The average molecular weight is 262 g/mol. The molecule has 1 aromatic rings. The molecule has 1 aliphatic rings. The van der Waals surface area contributed by atoms with E-state index in [1.807, 2.05) is 12.1 Å². The van der Waals surface area contributed by atoms with Gasteiger partial charge in [-0.2, -0.15) is 0 Å². The lowest BCUT2D eigenvalue weighted by atomic mass is 9.84. The molecule has 3 unspecified atom stereocenters. The molecule has 0 saturated heterocycles. The standard InChI is InChI=1S/C17H26O2/c1-4-14-7-5-6-8-16(14)19-17-11-12(2)9-10-15(17)13(3)18/h9-11,13-14,16,18H,4-8H2,1-3H3. The van der Waals surface area contributed by atoms with E-state index in [1.54, 1.807) is 6.92 Å². The van der Waals surface area contributed by atoms with E-state index in [0.717, 1.165) is 17.7 Å². The van der Waals surface area contributed by atoms with Gasteiger partial charge in [-0.15, -0.1) is 0 Å². The normalized spacial score (nSPS) is 25.1. The van der Waals surface area contributed by atoms with Crippen molar-refractivity contribution in [1.29, 1.82) is 0 Å². The van der Waals surface area contributed by atoms with Crippen LogP contribution in [-0.2, 0) is 0 Å². The Morgan fingerprint density at radius 1 is 1.32 bits per heavy atom. The molecule has 0 amide bonds. The minimum Gasteiger partial charge on any atom is -0.490 e. The molecule has 0 radical (unpaired) electrons. The van der Waals surface area contributed by atoms with Gasteiger partial charge in [0.1, 0.15) is 11.9 Å². The van der Waals surface area contributed by atoms with Crippen molar-refractivity contribution in [3.05, 3.63) is 29.3 Å². The summed E-state index contributed by atoms with van der Waals surface area (Å²) in [5.74, 6) is 1.54. The van der Waals surface area contributed by atoms with Gasteiger partial charge in [-0.25, -0.2) is 0 Å². The van der Waals surface area contributed by atoms with Gasteiger partial charge in [0.05, 0.1) is 6.10 Å². The van der Waals surface area contributed by atoms with Crippen molar-refractivity contribution in [3.63, 3.8) is 0 Å². The van der Waals surface area contributed by atoms with E-state index in [1.165, 1.54) is 31.2 Å². The molecule has 0 heterocycles. The summed E-state index contributed by atoms with van der Waals surface area (Å²) in [6, 6.07) is 6.08. The van der Waals surface area contributed by atoms with Gasteiger partial charge in [-0.05, 0) is 57.1 Å². The molecule has 1 aliphatic carbocycles. The number of benzene rings is 1.